The van der Waals surface area contributed by atoms with Gasteiger partial charge in [0, 0.05) is 5.56 Å². The van der Waals surface area contributed by atoms with E-state index in [1.807, 2.05) is 32.0 Å². The largest absolute Gasteiger partial charge is 0.270 e. The maximum atomic E-state index is 3.95. The lowest BCUT2D eigenvalue weighted by Gasteiger charge is -2.08. The Bertz CT molecular complexity index is 369. The van der Waals surface area contributed by atoms with Gasteiger partial charge in [-0.2, -0.15) is 0 Å². The van der Waals surface area contributed by atoms with Crippen molar-refractivity contribution in [2.45, 2.75) is 13.8 Å². The fourth-order valence-electron chi connectivity index (χ4n) is 1.49. The van der Waals surface area contributed by atoms with E-state index in [-0.39, 0.29) is 0 Å². The first kappa shape index (κ1) is 10.4. The molecular formula is C12H14N2. The van der Waals surface area contributed by atoms with Gasteiger partial charge in [0.1, 0.15) is 0 Å². The quantitative estimate of drug-likeness (QED) is 0.648. The number of aliphatic imine (C=N–C) groups is 2. The fourth-order valence-corrected chi connectivity index (χ4v) is 1.49. The van der Waals surface area contributed by atoms with Gasteiger partial charge in [0.2, 0.25) is 0 Å². The molecular weight excluding hydrogens is 172 g/mol. The molecule has 1 aromatic rings. The highest BCUT2D eigenvalue weighted by atomic mass is 14.8. The maximum Gasteiger partial charge on any atom is 0.0882 e. The lowest BCUT2D eigenvalue weighted by molar-refractivity contribution is 1.31. The van der Waals surface area contributed by atoms with Crippen LogP contribution in [0.1, 0.15) is 16.7 Å². The highest BCUT2D eigenvalue weighted by molar-refractivity contribution is 5.72. The zero-order chi connectivity index (χ0) is 10.6. The van der Waals surface area contributed by atoms with Crippen molar-refractivity contribution in [1.29, 1.82) is 0 Å². The molecule has 0 spiro atoms. The van der Waals surface area contributed by atoms with Crippen LogP contribution >= 0.6 is 0 Å². The van der Waals surface area contributed by atoms with Gasteiger partial charge in [-0.1, -0.05) is 18.2 Å². The van der Waals surface area contributed by atoms with Crippen molar-refractivity contribution >= 4 is 19.1 Å². The van der Waals surface area contributed by atoms with Crippen molar-refractivity contribution < 1.29 is 0 Å². The second-order valence-corrected chi connectivity index (χ2v) is 3.12. The Morgan fingerprint density at radius 2 is 1.79 bits per heavy atom. The summed E-state index contributed by atoms with van der Waals surface area (Å²) < 4.78 is 0. The Balaban J connectivity index is 3.36. The lowest BCUT2D eigenvalue weighted by Crippen LogP contribution is -1.90. The molecule has 0 unspecified atom stereocenters. The lowest BCUT2D eigenvalue weighted by atomic mass is 10.0. The molecule has 14 heavy (non-hydrogen) atoms. The predicted molar refractivity (Wildman–Crippen MR) is 63.0 cm³/mol. The van der Waals surface area contributed by atoms with Gasteiger partial charge in [-0.25, -0.2) is 0 Å². The van der Waals surface area contributed by atoms with Crippen LogP contribution in [0.2, 0.25) is 0 Å². The first-order valence-electron chi connectivity index (χ1n) is 4.40. The normalized spacial score (nSPS) is 11.1. The Morgan fingerprint density at radius 3 is 2.21 bits per heavy atom. The van der Waals surface area contributed by atoms with E-state index in [9.17, 15) is 0 Å². The van der Waals surface area contributed by atoms with Crippen LogP contribution in [0.4, 0.5) is 0 Å². The molecule has 72 valence electrons. The summed E-state index contributed by atoms with van der Waals surface area (Å²) in [6.45, 7) is 11.0. The van der Waals surface area contributed by atoms with E-state index >= 15 is 0 Å². The number of hydrogen-bond acceptors (Lipinski definition) is 2. The SMILES string of the molecule is C=N/C=C(\N=C)c1c(C)cccc1C. The Labute approximate surface area is 84.7 Å². The number of rotatable bonds is 3. The van der Waals surface area contributed by atoms with Crippen molar-refractivity contribution in [2.24, 2.45) is 9.98 Å². The van der Waals surface area contributed by atoms with E-state index in [0.29, 0.717) is 0 Å². The molecule has 2 heteroatoms. The highest BCUT2D eigenvalue weighted by Gasteiger charge is 2.05. The van der Waals surface area contributed by atoms with E-state index < -0.39 is 0 Å². The molecule has 0 N–H and O–H groups in total. The van der Waals surface area contributed by atoms with Crippen LogP contribution in [0.25, 0.3) is 5.70 Å². The van der Waals surface area contributed by atoms with Crippen LogP contribution in [0, 0.1) is 13.8 Å². The molecule has 1 aromatic carbocycles. The molecule has 0 saturated heterocycles. The second kappa shape index (κ2) is 4.51. The van der Waals surface area contributed by atoms with Gasteiger partial charge in [-0.3, -0.25) is 9.98 Å². The van der Waals surface area contributed by atoms with Gasteiger partial charge in [-0.05, 0) is 38.4 Å². The van der Waals surface area contributed by atoms with E-state index in [2.05, 4.69) is 23.4 Å². The molecule has 0 fully saturated rings. The molecule has 1 rings (SSSR count). The summed E-state index contributed by atoms with van der Waals surface area (Å²) >= 11 is 0. The van der Waals surface area contributed by atoms with E-state index in [4.69, 9.17) is 0 Å². The summed E-state index contributed by atoms with van der Waals surface area (Å²) in [7, 11) is 0. The van der Waals surface area contributed by atoms with Crippen LogP contribution in [-0.4, -0.2) is 13.4 Å². The molecule has 0 bridgehead atoms. The van der Waals surface area contributed by atoms with Crippen LogP contribution in [0.5, 0.6) is 0 Å². The van der Waals surface area contributed by atoms with Gasteiger partial charge in [0.25, 0.3) is 0 Å². The summed E-state index contributed by atoms with van der Waals surface area (Å²) in [6, 6.07) is 6.12. The van der Waals surface area contributed by atoms with Crippen molar-refractivity contribution in [2.75, 3.05) is 0 Å². The molecule has 0 heterocycles. The summed E-state index contributed by atoms with van der Waals surface area (Å²) in [4.78, 5) is 7.67. The third-order valence-corrected chi connectivity index (χ3v) is 2.12. The topological polar surface area (TPSA) is 24.7 Å². The molecule has 0 saturated carbocycles. The molecule has 0 amide bonds. The van der Waals surface area contributed by atoms with Crippen molar-refractivity contribution in [3.05, 3.63) is 41.1 Å². The third kappa shape index (κ3) is 1.96. The van der Waals surface area contributed by atoms with Crippen molar-refractivity contribution in [3.63, 3.8) is 0 Å². The zero-order valence-corrected chi connectivity index (χ0v) is 8.62. The van der Waals surface area contributed by atoms with Crippen LogP contribution in [0.15, 0.2) is 34.4 Å². The van der Waals surface area contributed by atoms with Gasteiger partial charge in [0.05, 0.1) is 11.9 Å². The Kier molecular flexibility index (Phi) is 3.35. The van der Waals surface area contributed by atoms with Crippen LogP contribution < -0.4 is 0 Å². The molecule has 0 aromatic heterocycles. The first-order chi connectivity index (χ1) is 6.70. The zero-order valence-electron chi connectivity index (χ0n) is 8.62. The van der Waals surface area contributed by atoms with E-state index in [1.54, 1.807) is 6.20 Å². The summed E-state index contributed by atoms with van der Waals surface area (Å²) in [6.07, 6.45) is 1.63. The average Bonchev–Trinajstić information content (AvgIpc) is 2.16. The summed E-state index contributed by atoms with van der Waals surface area (Å²) in [5, 5.41) is 0. The minimum absolute atomic E-state index is 0.774. The predicted octanol–water partition coefficient (Wildman–Crippen LogP) is 3.00. The standard InChI is InChI=1S/C12H14N2/c1-9-6-5-7-10(2)12(9)11(14-4)8-13-3/h5-8H,3-4H2,1-2H3/b11-8-. The molecule has 0 aliphatic rings. The number of nitrogens with zero attached hydrogens (tertiary/aromatic N) is 2. The number of aryl methyl sites for hydroxylation is 2. The van der Waals surface area contributed by atoms with Crippen molar-refractivity contribution in [1.82, 2.24) is 0 Å². The monoisotopic (exact) mass is 186 g/mol. The molecule has 0 aliphatic carbocycles. The fraction of sp³-hybridized carbons (Fsp3) is 0.167. The summed E-state index contributed by atoms with van der Waals surface area (Å²) in [5.74, 6) is 0. The molecule has 0 atom stereocenters. The van der Waals surface area contributed by atoms with E-state index in [0.717, 1.165) is 11.3 Å². The third-order valence-electron chi connectivity index (χ3n) is 2.12. The van der Waals surface area contributed by atoms with Crippen molar-refractivity contribution in [3.8, 4) is 0 Å². The number of hydrogen-bond donors (Lipinski definition) is 0. The Morgan fingerprint density at radius 1 is 1.21 bits per heavy atom. The summed E-state index contributed by atoms with van der Waals surface area (Å²) in [5.41, 5.74) is 4.21. The number of benzene rings is 1. The van der Waals surface area contributed by atoms with Crippen LogP contribution in [-0.2, 0) is 0 Å². The molecule has 0 radical (unpaired) electrons. The molecule has 2 nitrogen and oxygen atoms in total. The molecule has 0 aliphatic heterocycles. The van der Waals surface area contributed by atoms with Crippen LogP contribution in [0.3, 0.4) is 0 Å². The van der Waals surface area contributed by atoms with Gasteiger partial charge in [0.15, 0.2) is 0 Å². The van der Waals surface area contributed by atoms with Gasteiger partial charge < -0.3 is 0 Å². The Hall–Kier alpha value is -1.70. The minimum Gasteiger partial charge on any atom is -0.270 e. The maximum absolute atomic E-state index is 3.95. The van der Waals surface area contributed by atoms with Gasteiger partial charge >= 0.3 is 0 Å². The first-order valence-corrected chi connectivity index (χ1v) is 4.40. The van der Waals surface area contributed by atoms with Gasteiger partial charge in [-0.15, -0.1) is 0 Å². The highest BCUT2D eigenvalue weighted by Crippen LogP contribution is 2.23. The minimum atomic E-state index is 0.774. The second-order valence-electron chi connectivity index (χ2n) is 3.12. The smallest absolute Gasteiger partial charge is 0.0882 e. The van der Waals surface area contributed by atoms with E-state index in [1.165, 1.54) is 11.1 Å². The average molecular weight is 186 g/mol.